The number of hydrogen-bond acceptors (Lipinski definition) is 6. The predicted molar refractivity (Wildman–Crippen MR) is 164 cm³/mol. The Bertz CT molecular complexity index is 1760. The van der Waals surface area contributed by atoms with Crippen molar-refractivity contribution in [2.75, 3.05) is 0 Å². The third-order valence-electron chi connectivity index (χ3n) is 6.93. The van der Waals surface area contributed by atoms with Crippen molar-refractivity contribution in [1.82, 2.24) is 0 Å². The summed E-state index contributed by atoms with van der Waals surface area (Å²) in [6.45, 7) is 0.700. The Morgan fingerprint density at radius 2 is 1.14 bits per heavy atom. The number of ether oxygens (including phenoxy) is 4. The molecule has 6 rings (SSSR count). The second-order valence-electron chi connectivity index (χ2n) is 9.94. The van der Waals surface area contributed by atoms with Crippen molar-refractivity contribution in [3.63, 3.8) is 0 Å². The molecule has 212 valence electrons. The van der Waals surface area contributed by atoms with Crippen LogP contribution in [0.25, 0.3) is 12.2 Å². The fourth-order valence-corrected chi connectivity index (χ4v) is 4.71. The highest BCUT2D eigenvalue weighted by Gasteiger charge is 2.24. The molecule has 0 spiro atoms. The van der Waals surface area contributed by atoms with Gasteiger partial charge in [0.15, 0.2) is 0 Å². The molecular formula is C37H28O6. The van der Waals surface area contributed by atoms with E-state index in [9.17, 15) is 9.59 Å². The molecule has 0 saturated heterocycles. The van der Waals surface area contributed by atoms with Crippen molar-refractivity contribution >= 4 is 24.1 Å². The highest BCUT2D eigenvalue weighted by molar-refractivity contribution is 6.00. The van der Waals surface area contributed by atoms with Gasteiger partial charge in [-0.05, 0) is 53.1 Å². The SMILES string of the molecule is O=C(OCc1ccccc1)c1cc(OCc2ccccc2)c2c(c1)OC(=O)c1cccc(OCc3ccccc3)c1/C=C\2. The number of fused-ring (bicyclic) bond motifs is 2. The van der Waals surface area contributed by atoms with E-state index in [1.165, 1.54) is 6.07 Å². The van der Waals surface area contributed by atoms with E-state index in [1.807, 2.05) is 109 Å². The van der Waals surface area contributed by atoms with E-state index in [0.717, 1.165) is 16.7 Å². The van der Waals surface area contributed by atoms with Crippen LogP contribution in [0.5, 0.6) is 17.2 Å². The Morgan fingerprint density at radius 1 is 0.581 bits per heavy atom. The van der Waals surface area contributed by atoms with E-state index >= 15 is 0 Å². The molecule has 0 aromatic heterocycles. The number of carbonyl (C=O) groups excluding carboxylic acids is 2. The number of rotatable bonds is 9. The van der Waals surface area contributed by atoms with Crippen LogP contribution in [0.2, 0.25) is 0 Å². The van der Waals surface area contributed by atoms with Gasteiger partial charge in [0, 0.05) is 5.56 Å². The van der Waals surface area contributed by atoms with E-state index in [0.29, 0.717) is 34.8 Å². The Kier molecular flexibility index (Phi) is 8.27. The number of hydrogen-bond donors (Lipinski definition) is 0. The van der Waals surface area contributed by atoms with E-state index in [-0.39, 0.29) is 24.5 Å². The van der Waals surface area contributed by atoms with Crippen LogP contribution in [0, 0.1) is 0 Å². The van der Waals surface area contributed by atoms with Crippen molar-refractivity contribution in [1.29, 1.82) is 0 Å². The molecule has 0 N–H and O–H groups in total. The molecule has 5 aromatic rings. The first-order valence-electron chi connectivity index (χ1n) is 13.9. The summed E-state index contributed by atoms with van der Waals surface area (Å²) in [6, 6.07) is 37.3. The van der Waals surface area contributed by atoms with Gasteiger partial charge in [0.1, 0.15) is 37.1 Å². The second kappa shape index (κ2) is 12.9. The van der Waals surface area contributed by atoms with Crippen molar-refractivity contribution in [2.45, 2.75) is 19.8 Å². The Hall–Kier alpha value is -5.62. The van der Waals surface area contributed by atoms with Gasteiger partial charge in [-0.25, -0.2) is 9.59 Å². The lowest BCUT2D eigenvalue weighted by Crippen LogP contribution is -2.15. The van der Waals surface area contributed by atoms with Crippen LogP contribution in [0.3, 0.4) is 0 Å². The summed E-state index contributed by atoms with van der Waals surface area (Å²) in [6.07, 6.45) is 3.63. The summed E-state index contributed by atoms with van der Waals surface area (Å²) in [4.78, 5) is 26.6. The fourth-order valence-electron chi connectivity index (χ4n) is 4.71. The molecule has 0 fully saturated rings. The van der Waals surface area contributed by atoms with Crippen LogP contribution < -0.4 is 14.2 Å². The average molecular weight is 569 g/mol. The summed E-state index contributed by atoms with van der Waals surface area (Å²) in [5.41, 5.74) is 4.48. The molecule has 0 aliphatic carbocycles. The quantitative estimate of drug-likeness (QED) is 0.133. The Morgan fingerprint density at radius 3 is 1.77 bits per heavy atom. The molecule has 6 nitrogen and oxygen atoms in total. The standard InChI is InChI=1S/C37H28O6/c38-36(42-25-28-15-8-3-9-16-28)29-21-34(41-24-27-13-6-2-7-14-27)32-20-19-30-31(37(39)43-35(32)22-29)17-10-18-33(30)40-23-26-11-4-1-5-12-26/h1-22H,23-25H2/b20-19-. The molecule has 1 heterocycles. The van der Waals surface area contributed by atoms with E-state index in [2.05, 4.69) is 0 Å². The molecule has 0 unspecified atom stereocenters. The molecule has 1 aliphatic rings. The summed E-state index contributed by atoms with van der Waals surface area (Å²) >= 11 is 0. The van der Waals surface area contributed by atoms with E-state index < -0.39 is 11.9 Å². The zero-order chi connectivity index (χ0) is 29.4. The minimum atomic E-state index is -0.574. The normalized spacial score (nSPS) is 12.5. The summed E-state index contributed by atoms with van der Waals surface area (Å²) in [5.74, 6) is -0.0151. The third-order valence-corrected chi connectivity index (χ3v) is 6.93. The van der Waals surface area contributed by atoms with Crippen molar-refractivity contribution in [3.8, 4) is 17.2 Å². The minimum absolute atomic E-state index is 0.107. The molecule has 0 bridgehead atoms. The molecule has 0 amide bonds. The second-order valence-corrected chi connectivity index (χ2v) is 9.94. The Balaban J connectivity index is 1.34. The van der Waals surface area contributed by atoms with Crippen LogP contribution in [0.4, 0.5) is 0 Å². The lowest BCUT2D eigenvalue weighted by Gasteiger charge is -2.19. The lowest BCUT2D eigenvalue weighted by molar-refractivity contribution is 0.0470. The maximum absolute atomic E-state index is 13.5. The maximum atomic E-state index is 13.5. The molecular weight excluding hydrogens is 540 g/mol. The molecule has 0 radical (unpaired) electrons. The van der Waals surface area contributed by atoms with Gasteiger partial charge in [-0.2, -0.15) is 0 Å². The summed E-state index contributed by atoms with van der Waals surface area (Å²) in [5, 5.41) is 0. The van der Waals surface area contributed by atoms with Gasteiger partial charge in [0.05, 0.1) is 16.7 Å². The highest BCUT2D eigenvalue weighted by atomic mass is 16.5. The molecule has 0 atom stereocenters. The van der Waals surface area contributed by atoms with Crippen LogP contribution in [-0.2, 0) is 24.6 Å². The lowest BCUT2D eigenvalue weighted by atomic mass is 10.0. The van der Waals surface area contributed by atoms with Crippen LogP contribution in [-0.4, -0.2) is 11.9 Å². The molecule has 0 saturated carbocycles. The van der Waals surface area contributed by atoms with Gasteiger partial charge in [0.2, 0.25) is 0 Å². The van der Waals surface area contributed by atoms with Gasteiger partial charge in [0.25, 0.3) is 0 Å². The van der Waals surface area contributed by atoms with Gasteiger partial charge in [-0.15, -0.1) is 0 Å². The van der Waals surface area contributed by atoms with Crippen LogP contribution >= 0.6 is 0 Å². The largest absolute Gasteiger partial charge is 0.488 e. The zero-order valence-electron chi connectivity index (χ0n) is 23.3. The van der Waals surface area contributed by atoms with Crippen molar-refractivity contribution in [2.24, 2.45) is 0 Å². The maximum Gasteiger partial charge on any atom is 0.344 e. The first-order valence-corrected chi connectivity index (χ1v) is 13.9. The monoisotopic (exact) mass is 568 g/mol. The number of carbonyl (C=O) groups is 2. The van der Waals surface area contributed by atoms with E-state index in [1.54, 1.807) is 18.2 Å². The number of benzene rings is 5. The average Bonchev–Trinajstić information content (AvgIpc) is 3.05. The first-order chi connectivity index (χ1) is 21.1. The van der Waals surface area contributed by atoms with Gasteiger partial charge < -0.3 is 18.9 Å². The zero-order valence-corrected chi connectivity index (χ0v) is 23.3. The van der Waals surface area contributed by atoms with Crippen LogP contribution in [0.15, 0.2) is 121 Å². The summed E-state index contributed by atoms with van der Waals surface area (Å²) in [7, 11) is 0. The smallest absolute Gasteiger partial charge is 0.344 e. The van der Waals surface area contributed by atoms with Crippen molar-refractivity contribution in [3.05, 3.63) is 160 Å². The van der Waals surface area contributed by atoms with E-state index in [4.69, 9.17) is 18.9 Å². The highest BCUT2D eigenvalue weighted by Crippen LogP contribution is 2.37. The fraction of sp³-hybridized carbons (Fsp3) is 0.0811. The van der Waals surface area contributed by atoms with Crippen LogP contribution in [0.1, 0.15) is 48.5 Å². The molecule has 1 aliphatic heterocycles. The first kappa shape index (κ1) is 27.5. The molecule has 43 heavy (non-hydrogen) atoms. The van der Waals surface area contributed by atoms with Gasteiger partial charge in [-0.1, -0.05) is 97.1 Å². The Labute approximate surface area is 249 Å². The van der Waals surface area contributed by atoms with Crippen molar-refractivity contribution < 1.29 is 28.5 Å². The molecule has 6 heteroatoms. The predicted octanol–water partition coefficient (Wildman–Crippen LogP) is 7.90. The third kappa shape index (κ3) is 6.66. The van der Waals surface area contributed by atoms with Gasteiger partial charge in [-0.3, -0.25) is 0 Å². The number of esters is 2. The summed E-state index contributed by atoms with van der Waals surface area (Å²) < 4.78 is 23.8. The molecule has 5 aromatic carbocycles. The topological polar surface area (TPSA) is 71.1 Å². The van der Waals surface area contributed by atoms with Gasteiger partial charge >= 0.3 is 11.9 Å². The minimum Gasteiger partial charge on any atom is -0.488 e.